The van der Waals surface area contributed by atoms with E-state index in [0.717, 1.165) is 54.6 Å². The minimum atomic E-state index is -0.481. The minimum absolute atomic E-state index is 0.00384. The predicted octanol–water partition coefficient (Wildman–Crippen LogP) is 7.49. The largest absolute Gasteiger partial charge is 0.356 e. The Morgan fingerprint density at radius 1 is 1.07 bits per heavy atom. The zero-order valence-corrected chi connectivity index (χ0v) is 31.7. The van der Waals surface area contributed by atoms with Gasteiger partial charge in [-0.15, -0.1) is 0 Å². The molecular formula is C42H40Cl2FN7O2. The lowest BCUT2D eigenvalue weighted by Crippen LogP contribution is -2.46. The van der Waals surface area contributed by atoms with Gasteiger partial charge in [0.05, 0.1) is 39.8 Å². The van der Waals surface area contributed by atoms with Gasteiger partial charge < -0.3 is 19.7 Å². The summed E-state index contributed by atoms with van der Waals surface area (Å²) in [5, 5.41) is 15.6. The Hall–Kier alpha value is -4.43. The molecule has 9 nitrogen and oxygen atoms in total. The molecule has 0 spiro atoms. The van der Waals surface area contributed by atoms with Gasteiger partial charge in [-0.05, 0) is 74.8 Å². The Labute approximate surface area is 322 Å². The summed E-state index contributed by atoms with van der Waals surface area (Å²) in [5.74, 6) is 1.16. The van der Waals surface area contributed by atoms with E-state index in [1.54, 1.807) is 28.8 Å². The molecule has 1 N–H and O–H groups in total. The zero-order chi connectivity index (χ0) is 37.2. The first kappa shape index (κ1) is 34.1. The van der Waals surface area contributed by atoms with E-state index in [2.05, 4.69) is 31.8 Å². The second-order valence-corrected chi connectivity index (χ2v) is 16.9. The molecule has 6 fully saturated rings. The molecule has 3 aromatic heterocycles. The molecule has 2 aromatic carbocycles. The van der Waals surface area contributed by atoms with E-state index in [1.165, 1.54) is 0 Å². The van der Waals surface area contributed by atoms with Gasteiger partial charge in [-0.3, -0.25) is 14.2 Å². The fourth-order valence-electron chi connectivity index (χ4n) is 10.4. The number of piperidine rings is 1. The van der Waals surface area contributed by atoms with Crippen molar-refractivity contribution in [2.45, 2.75) is 69.6 Å². The number of hydrogen-bond donors (Lipinski definition) is 1. The van der Waals surface area contributed by atoms with Crippen LogP contribution < -0.4 is 15.8 Å². The first-order chi connectivity index (χ1) is 26.1. The summed E-state index contributed by atoms with van der Waals surface area (Å²) in [7, 11) is 1.81. The SMILES string of the molecule is Cc1nc2c(F)c(-c3cccc(Cl)c3Cl)c(CCC#N)cc2c2c1cc(C1C3CC(CN(c4cccc(=O)n4C)C3)N1C(=O)C1CC1)n2C1C2CNC1C2. The molecule has 4 aliphatic heterocycles. The number of carbonyl (C=O) groups is 1. The number of fused-ring (bicyclic) bond motifs is 6. The summed E-state index contributed by atoms with van der Waals surface area (Å²) in [6, 6.07) is 17.3. The molecule has 2 saturated carbocycles. The van der Waals surface area contributed by atoms with Crippen molar-refractivity contribution in [2.75, 3.05) is 24.5 Å². The number of anilines is 1. The van der Waals surface area contributed by atoms with Gasteiger partial charge in [0.25, 0.3) is 5.56 Å². The Bertz CT molecular complexity index is 2510. The summed E-state index contributed by atoms with van der Waals surface area (Å²) in [4.78, 5) is 36.6. The van der Waals surface area contributed by atoms with Crippen LogP contribution in [-0.2, 0) is 18.3 Å². The highest BCUT2D eigenvalue weighted by Crippen LogP contribution is 2.54. The van der Waals surface area contributed by atoms with E-state index in [-0.39, 0.29) is 64.4 Å². The van der Waals surface area contributed by atoms with Crippen LogP contribution in [0, 0.1) is 41.8 Å². The average Bonchev–Trinajstić information content (AvgIpc) is 3.44. The van der Waals surface area contributed by atoms with E-state index < -0.39 is 5.82 Å². The Kier molecular flexibility index (Phi) is 7.92. The Morgan fingerprint density at radius 3 is 2.63 bits per heavy atom. The fourth-order valence-corrected chi connectivity index (χ4v) is 10.8. The van der Waals surface area contributed by atoms with Crippen LogP contribution in [0.15, 0.2) is 53.3 Å². The number of aromatic nitrogens is 3. The molecular weight excluding hydrogens is 724 g/mol. The topological polar surface area (TPSA) is 99.2 Å². The molecule has 6 atom stereocenters. The van der Waals surface area contributed by atoms with Crippen molar-refractivity contribution >= 4 is 56.7 Å². The second kappa shape index (κ2) is 12.6. The van der Waals surface area contributed by atoms with Gasteiger partial charge in [-0.2, -0.15) is 5.26 Å². The smallest absolute Gasteiger partial charge is 0.251 e. The lowest BCUT2D eigenvalue weighted by Gasteiger charge is -2.40. The van der Waals surface area contributed by atoms with Gasteiger partial charge in [-0.1, -0.05) is 41.4 Å². The molecule has 4 bridgehead atoms. The molecule has 4 saturated heterocycles. The van der Waals surface area contributed by atoms with Crippen LogP contribution >= 0.6 is 23.2 Å². The van der Waals surface area contributed by atoms with Crippen LogP contribution in [0.25, 0.3) is 32.9 Å². The second-order valence-electron chi connectivity index (χ2n) is 16.1. The van der Waals surface area contributed by atoms with Crippen molar-refractivity contribution in [3.63, 3.8) is 0 Å². The number of amides is 1. The standard InChI is InChI=1S/C42H40Cl2FN7O2/c1-21-28-17-32(40-25-14-26(51(40)42(54)22-11-12-22)20-50(19-25)33-9-4-10-34(53)49(33)2)52(39-24-16-31(39)47-18-24)41(28)29-15-23(6-5-13-46)35(37(45)38(29)48-21)27-7-3-8-30(43)36(27)44/h3-4,7-10,15,17,22,24-26,31,39-40,47H,5-6,11-12,14,16,18-20H2,1-2H3. The van der Waals surface area contributed by atoms with E-state index in [4.69, 9.17) is 28.2 Å². The molecule has 7 heterocycles. The number of nitrogens with zero attached hydrogens (tertiary/aromatic N) is 6. The molecule has 1 amide bonds. The molecule has 276 valence electrons. The quantitative estimate of drug-likeness (QED) is 0.185. The number of rotatable bonds is 7. The normalized spacial score (nSPS) is 25.8. The van der Waals surface area contributed by atoms with Crippen LogP contribution in [-0.4, -0.2) is 56.6 Å². The number of nitrogens with one attached hydrogen (secondary N) is 1. The van der Waals surface area contributed by atoms with Crippen molar-refractivity contribution in [1.29, 1.82) is 5.26 Å². The molecule has 0 radical (unpaired) electrons. The van der Waals surface area contributed by atoms with Crippen molar-refractivity contribution in [2.24, 2.45) is 24.8 Å². The van der Waals surface area contributed by atoms with Gasteiger partial charge in [-0.25, -0.2) is 9.37 Å². The van der Waals surface area contributed by atoms with Crippen molar-refractivity contribution < 1.29 is 9.18 Å². The van der Waals surface area contributed by atoms with Gasteiger partial charge >= 0.3 is 0 Å². The van der Waals surface area contributed by atoms with E-state index in [9.17, 15) is 14.9 Å². The van der Waals surface area contributed by atoms with Crippen molar-refractivity contribution in [3.05, 3.63) is 91.7 Å². The molecule has 11 rings (SSSR count). The predicted molar refractivity (Wildman–Crippen MR) is 208 cm³/mol. The zero-order valence-electron chi connectivity index (χ0n) is 30.2. The van der Waals surface area contributed by atoms with Gasteiger partial charge in [0.15, 0.2) is 5.82 Å². The number of benzene rings is 2. The highest BCUT2D eigenvalue weighted by atomic mass is 35.5. The van der Waals surface area contributed by atoms with Crippen molar-refractivity contribution in [1.82, 2.24) is 24.3 Å². The van der Waals surface area contributed by atoms with Gasteiger partial charge in [0, 0.05) is 90.3 Å². The molecule has 2 aliphatic carbocycles. The summed E-state index contributed by atoms with van der Waals surface area (Å²) in [6.45, 7) is 4.22. The molecule has 12 heteroatoms. The maximum atomic E-state index is 17.3. The van der Waals surface area contributed by atoms with Crippen LogP contribution in [0.3, 0.4) is 0 Å². The number of aryl methyl sites for hydroxylation is 2. The number of pyridine rings is 2. The van der Waals surface area contributed by atoms with Crippen LogP contribution in [0.2, 0.25) is 10.0 Å². The minimum Gasteiger partial charge on any atom is -0.356 e. The Balaban J connectivity index is 1.21. The van der Waals surface area contributed by atoms with E-state index in [1.807, 2.05) is 32.2 Å². The molecule has 6 aliphatic rings. The number of hydrogen-bond acceptors (Lipinski definition) is 6. The third-order valence-corrected chi connectivity index (χ3v) is 13.8. The summed E-state index contributed by atoms with van der Waals surface area (Å²) in [5.41, 5.74) is 4.39. The number of halogens is 3. The van der Waals surface area contributed by atoms with Crippen molar-refractivity contribution in [3.8, 4) is 17.2 Å². The van der Waals surface area contributed by atoms with Crippen LogP contribution in [0.1, 0.15) is 61.1 Å². The maximum absolute atomic E-state index is 17.3. The highest BCUT2D eigenvalue weighted by molar-refractivity contribution is 6.43. The summed E-state index contributed by atoms with van der Waals surface area (Å²) in [6.07, 6.45) is 4.30. The van der Waals surface area contributed by atoms with E-state index >= 15 is 4.39 Å². The third-order valence-electron chi connectivity index (χ3n) is 13.0. The molecule has 54 heavy (non-hydrogen) atoms. The Morgan fingerprint density at radius 2 is 1.89 bits per heavy atom. The number of likely N-dealkylation sites (tertiary alicyclic amines) is 1. The first-order valence-electron chi connectivity index (χ1n) is 19.1. The molecule has 6 unspecified atom stereocenters. The molecule has 5 aromatic rings. The van der Waals surface area contributed by atoms with Crippen LogP contribution in [0.5, 0.6) is 0 Å². The maximum Gasteiger partial charge on any atom is 0.251 e. The van der Waals surface area contributed by atoms with E-state index in [0.29, 0.717) is 58.2 Å². The van der Waals surface area contributed by atoms with Gasteiger partial charge in [0.2, 0.25) is 5.91 Å². The number of nitriles is 1. The lowest BCUT2D eigenvalue weighted by atomic mass is 9.79. The first-order valence-corrected chi connectivity index (χ1v) is 19.8. The average molecular weight is 765 g/mol. The fraction of sp³-hybridized carbons (Fsp3) is 0.429. The van der Waals surface area contributed by atoms with Gasteiger partial charge in [0.1, 0.15) is 11.3 Å². The monoisotopic (exact) mass is 763 g/mol. The number of carbonyl (C=O) groups excluding carboxylic acids is 1. The third kappa shape index (κ3) is 5.01. The highest BCUT2D eigenvalue weighted by Gasteiger charge is 2.55. The summed E-state index contributed by atoms with van der Waals surface area (Å²) >= 11 is 13.2. The lowest BCUT2D eigenvalue weighted by molar-refractivity contribution is -0.135. The summed E-state index contributed by atoms with van der Waals surface area (Å²) < 4.78 is 21.5. The van der Waals surface area contributed by atoms with Crippen LogP contribution in [0.4, 0.5) is 10.2 Å².